The molecule has 1 N–H and O–H groups in total. The van der Waals surface area contributed by atoms with Crippen LogP contribution in [0.25, 0.3) is 11.4 Å². The number of fused-ring (bicyclic) bond motifs is 1. The Morgan fingerprint density at radius 1 is 1.10 bits per heavy atom. The summed E-state index contributed by atoms with van der Waals surface area (Å²) in [5.41, 5.74) is 1.29. The molecule has 0 saturated heterocycles. The Morgan fingerprint density at radius 3 is 2.72 bits per heavy atom. The number of aromatic nitrogens is 3. The zero-order valence-electron chi connectivity index (χ0n) is 15.8. The van der Waals surface area contributed by atoms with Crippen molar-refractivity contribution in [2.24, 2.45) is 0 Å². The summed E-state index contributed by atoms with van der Waals surface area (Å²) in [7, 11) is -3.93. The molecule has 0 saturated carbocycles. The number of anilines is 1. The van der Waals surface area contributed by atoms with Crippen molar-refractivity contribution in [3.8, 4) is 11.4 Å². The van der Waals surface area contributed by atoms with E-state index in [1.54, 1.807) is 12.1 Å². The molecule has 0 bridgehead atoms. The molecule has 9 heteroatoms. The highest BCUT2D eigenvalue weighted by Crippen LogP contribution is 2.30. The molecule has 0 radical (unpaired) electrons. The van der Waals surface area contributed by atoms with E-state index in [0.717, 1.165) is 37.1 Å². The van der Waals surface area contributed by atoms with Gasteiger partial charge in [-0.3, -0.25) is 4.72 Å². The maximum absolute atomic E-state index is 14.6. The number of nitrogens with zero attached hydrogens (tertiary/aromatic N) is 3. The molecule has 2 aromatic carbocycles. The van der Waals surface area contributed by atoms with Crippen LogP contribution in [0.15, 0.2) is 41.3 Å². The Labute approximate surface area is 173 Å². The zero-order chi connectivity index (χ0) is 20.6. The highest BCUT2D eigenvalue weighted by Gasteiger charge is 2.22. The smallest absolute Gasteiger partial charge is 0.263 e. The maximum Gasteiger partial charge on any atom is 0.263 e. The molecule has 4 rings (SSSR count). The number of hydrogen-bond acceptors (Lipinski definition) is 4. The summed E-state index contributed by atoms with van der Waals surface area (Å²) in [6, 6.07) is 8.74. The molecule has 0 fully saturated rings. The molecule has 1 aromatic heterocycles. The fourth-order valence-corrected chi connectivity index (χ4v) is 5.13. The van der Waals surface area contributed by atoms with Crippen LogP contribution in [-0.4, -0.2) is 23.2 Å². The fraction of sp³-hybridized carbons (Fsp3) is 0.300. The molecule has 6 nitrogen and oxygen atoms in total. The van der Waals surface area contributed by atoms with Gasteiger partial charge >= 0.3 is 0 Å². The molecule has 2 heterocycles. The maximum atomic E-state index is 14.6. The van der Waals surface area contributed by atoms with Crippen molar-refractivity contribution in [2.75, 3.05) is 4.72 Å². The number of benzene rings is 2. The lowest BCUT2D eigenvalue weighted by Crippen LogP contribution is -2.14. The third-order valence-corrected chi connectivity index (χ3v) is 6.81. The zero-order valence-corrected chi connectivity index (χ0v) is 17.4. The van der Waals surface area contributed by atoms with Gasteiger partial charge in [0.25, 0.3) is 10.0 Å². The summed E-state index contributed by atoms with van der Waals surface area (Å²) in [5, 5.41) is 8.49. The Kier molecular flexibility index (Phi) is 5.31. The predicted octanol–water partition coefficient (Wildman–Crippen LogP) is 4.57. The van der Waals surface area contributed by atoms with E-state index in [-0.39, 0.29) is 21.2 Å². The molecule has 0 atom stereocenters. The Bertz CT molecular complexity index is 1180. The molecule has 3 aromatic rings. The van der Waals surface area contributed by atoms with Crippen molar-refractivity contribution >= 4 is 27.3 Å². The summed E-state index contributed by atoms with van der Waals surface area (Å²) in [6.07, 6.45) is 3.88. The quantitative estimate of drug-likeness (QED) is 0.652. The Morgan fingerprint density at radius 2 is 1.93 bits per heavy atom. The SMILES string of the molecule is Cc1ccc(S(=O)(=O)Nc2ccc(F)c(-c3nnc4n3CCCCC4)c2)c(Cl)c1. The van der Waals surface area contributed by atoms with Crippen molar-refractivity contribution in [1.29, 1.82) is 0 Å². The minimum atomic E-state index is -3.93. The highest BCUT2D eigenvalue weighted by molar-refractivity contribution is 7.92. The van der Waals surface area contributed by atoms with Crippen LogP contribution >= 0.6 is 11.6 Å². The van der Waals surface area contributed by atoms with Crippen molar-refractivity contribution in [3.05, 3.63) is 58.6 Å². The molecule has 152 valence electrons. The van der Waals surface area contributed by atoms with E-state index in [1.165, 1.54) is 24.3 Å². The van der Waals surface area contributed by atoms with Gasteiger partial charge in [-0.1, -0.05) is 24.1 Å². The molecule has 29 heavy (non-hydrogen) atoms. The van der Waals surface area contributed by atoms with Gasteiger partial charge in [0.05, 0.1) is 10.6 Å². The lowest BCUT2D eigenvalue weighted by Gasteiger charge is -2.12. The number of halogens is 2. The number of hydrogen-bond donors (Lipinski definition) is 1. The van der Waals surface area contributed by atoms with Crippen molar-refractivity contribution < 1.29 is 12.8 Å². The van der Waals surface area contributed by atoms with Crippen molar-refractivity contribution in [1.82, 2.24) is 14.8 Å². The second kappa shape index (κ2) is 7.76. The van der Waals surface area contributed by atoms with Crippen LogP contribution in [0.4, 0.5) is 10.1 Å². The van der Waals surface area contributed by atoms with E-state index in [2.05, 4.69) is 14.9 Å². The summed E-state index contributed by atoms with van der Waals surface area (Å²) in [4.78, 5) is -0.0352. The van der Waals surface area contributed by atoms with Gasteiger partial charge in [-0.05, 0) is 55.7 Å². The first-order valence-corrected chi connectivity index (χ1v) is 11.2. The molecule has 0 unspecified atom stereocenters. The normalized spacial score (nSPS) is 14.3. The average Bonchev–Trinajstić information content (AvgIpc) is 2.90. The van der Waals surface area contributed by atoms with Crippen LogP contribution in [0, 0.1) is 12.7 Å². The number of sulfonamides is 1. The van der Waals surface area contributed by atoms with E-state index in [9.17, 15) is 12.8 Å². The number of aryl methyl sites for hydroxylation is 2. The molecule has 1 aliphatic rings. The molecule has 0 amide bonds. The third-order valence-electron chi connectivity index (χ3n) is 4.95. The van der Waals surface area contributed by atoms with Gasteiger partial charge in [-0.15, -0.1) is 10.2 Å². The van der Waals surface area contributed by atoms with E-state index in [1.807, 2.05) is 11.5 Å². The first-order chi connectivity index (χ1) is 13.8. The first-order valence-electron chi connectivity index (χ1n) is 9.36. The predicted molar refractivity (Wildman–Crippen MR) is 110 cm³/mol. The fourth-order valence-electron chi connectivity index (χ4n) is 3.48. The van der Waals surface area contributed by atoms with Crippen LogP contribution in [0.5, 0.6) is 0 Å². The van der Waals surface area contributed by atoms with E-state index in [4.69, 9.17) is 11.6 Å². The van der Waals surface area contributed by atoms with Crippen LogP contribution in [0.2, 0.25) is 5.02 Å². The van der Waals surface area contributed by atoms with Crippen LogP contribution in [-0.2, 0) is 23.0 Å². The number of nitrogens with one attached hydrogen (secondary N) is 1. The highest BCUT2D eigenvalue weighted by atomic mass is 35.5. The first kappa shape index (κ1) is 19.8. The van der Waals surface area contributed by atoms with Crippen LogP contribution < -0.4 is 4.72 Å². The van der Waals surface area contributed by atoms with E-state index < -0.39 is 15.8 Å². The monoisotopic (exact) mass is 434 g/mol. The Balaban J connectivity index is 1.70. The van der Waals surface area contributed by atoms with Gasteiger partial charge in [0, 0.05) is 18.7 Å². The van der Waals surface area contributed by atoms with Crippen LogP contribution in [0.1, 0.15) is 30.7 Å². The largest absolute Gasteiger partial charge is 0.311 e. The standard InChI is InChI=1S/C20H20ClFN4O2S/c1-13-6-9-18(16(21)11-13)29(27,28)25-14-7-8-17(22)15(12-14)20-24-23-19-5-3-2-4-10-26(19)20/h6-9,11-12,25H,2-5,10H2,1H3. The van der Waals surface area contributed by atoms with Gasteiger partial charge in [0.15, 0.2) is 5.82 Å². The molecular formula is C20H20ClFN4O2S. The topological polar surface area (TPSA) is 76.9 Å². The third kappa shape index (κ3) is 4.00. The lowest BCUT2D eigenvalue weighted by atomic mass is 10.1. The molecule has 1 aliphatic heterocycles. The average molecular weight is 435 g/mol. The van der Waals surface area contributed by atoms with Gasteiger partial charge in [0.1, 0.15) is 16.5 Å². The summed E-state index contributed by atoms with van der Waals surface area (Å²) in [5.74, 6) is 0.754. The second-order valence-electron chi connectivity index (χ2n) is 7.14. The van der Waals surface area contributed by atoms with Crippen molar-refractivity contribution in [2.45, 2.75) is 44.0 Å². The minimum Gasteiger partial charge on any atom is -0.311 e. The summed E-state index contributed by atoms with van der Waals surface area (Å²) in [6.45, 7) is 2.54. The minimum absolute atomic E-state index is 0.0352. The van der Waals surface area contributed by atoms with Crippen LogP contribution in [0.3, 0.4) is 0 Å². The summed E-state index contributed by atoms with van der Waals surface area (Å²) < 4.78 is 44.5. The van der Waals surface area contributed by atoms with Crippen molar-refractivity contribution in [3.63, 3.8) is 0 Å². The van der Waals surface area contributed by atoms with Gasteiger partial charge in [-0.2, -0.15) is 0 Å². The number of rotatable bonds is 4. The van der Waals surface area contributed by atoms with E-state index in [0.29, 0.717) is 12.4 Å². The molecule has 0 spiro atoms. The Hall–Kier alpha value is -2.45. The van der Waals surface area contributed by atoms with Gasteiger partial charge in [-0.25, -0.2) is 12.8 Å². The van der Waals surface area contributed by atoms with Gasteiger partial charge in [0.2, 0.25) is 0 Å². The lowest BCUT2D eigenvalue weighted by molar-refractivity contribution is 0.601. The molecule has 0 aliphatic carbocycles. The molecular weight excluding hydrogens is 415 g/mol. The summed E-state index contributed by atoms with van der Waals surface area (Å²) >= 11 is 6.11. The van der Waals surface area contributed by atoms with Gasteiger partial charge < -0.3 is 4.57 Å². The second-order valence-corrected chi connectivity index (χ2v) is 9.19. The van der Waals surface area contributed by atoms with E-state index >= 15 is 0 Å².